The lowest BCUT2D eigenvalue weighted by atomic mass is 10.00. The van der Waals surface area contributed by atoms with Crippen molar-refractivity contribution in [3.63, 3.8) is 0 Å². The van der Waals surface area contributed by atoms with Gasteiger partial charge in [0.1, 0.15) is 6.10 Å². The predicted octanol–water partition coefficient (Wildman–Crippen LogP) is 2.73. The zero-order chi connectivity index (χ0) is 11.1. The van der Waals surface area contributed by atoms with Crippen molar-refractivity contribution in [2.45, 2.75) is 44.8 Å². The van der Waals surface area contributed by atoms with Crippen LogP contribution in [0.25, 0.3) is 10.4 Å². The third kappa shape index (κ3) is 4.04. The van der Waals surface area contributed by atoms with Crippen LogP contribution in [0.1, 0.15) is 32.6 Å². The molecule has 0 aromatic rings. The van der Waals surface area contributed by atoms with E-state index in [1.165, 1.54) is 6.92 Å². The summed E-state index contributed by atoms with van der Waals surface area (Å²) in [5.41, 5.74) is 8.42. The number of nitrogens with zero attached hydrogens (tertiary/aromatic N) is 3. The molecule has 5 heteroatoms. The van der Waals surface area contributed by atoms with Gasteiger partial charge in [0.25, 0.3) is 0 Å². The van der Waals surface area contributed by atoms with E-state index in [1.807, 2.05) is 12.2 Å². The Morgan fingerprint density at radius 1 is 1.60 bits per heavy atom. The fraction of sp³-hybridized carbons (Fsp3) is 0.700. The summed E-state index contributed by atoms with van der Waals surface area (Å²) in [5, 5.41) is 3.64. The van der Waals surface area contributed by atoms with Gasteiger partial charge in [0.15, 0.2) is 0 Å². The molecule has 0 bridgehead atoms. The van der Waals surface area contributed by atoms with Gasteiger partial charge in [-0.1, -0.05) is 17.3 Å². The molecular weight excluding hydrogens is 194 g/mol. The highest BCUT2D eigenvalue weighted by Gasteiger charge is 2.21. The van der Waals surface area contributed by atoms with E-state index < -0.39 is 0 Å². The molecule has 0 saturated carbocycles. The van der Waals surface area contributed by atoms with Crippen LogP contribution in [0.2, 0.25) is 0 Å². The van der Waals surface area contributed by atoms with E-state index in [9.17, 15) is 4.79 Å². The summed E-state index contributed by atoms with van der Waals surface area (Å²) in [4.78, 5) is 13.7. The number of rotatable bonds is 2. The molecule has 0 aromatic heterocycles. The van der Waals surface area contributed by atoms with Crippen molar-refractivity contribution in [1.82, 2.24) is 0 Å². The quantitative estimate of drug-likeness (QED) is 0.230. The third-order valence-electron chi connectivity index (χ3n) is 2.33. The monoisotopic (exact) mass is 209 g/mol. The first kappa shape index (κ1) is 11.6. The van der Waals surface area contributed by atoms with Gasteiger partial charge in [-0.15, -0.1) is 0 Å². The Labute approximate surface area is 88.7 Å². The summed E-state index contributed by atoms with van der Waals surface area (Å²) in [7, 11) is 0. The van der Waals surface area contributed by atoms with E-state index in [0.29, 0.717) is 0 Å². The van der Waals surface area contributed by atoms with Gasteiger partial charge in [0.05, 0.1) is 6.04 Å². The standard InChI is InChI=1S/C10H15N3O2/c1-8(14)15-10-7-5-3-2-4-6-9(10)12-13-11/h4,6,9-10H,2-3,5,7H2,1H3. The molecule has 2 unspecified atom stereocenters. The second-order valence-electron chi connectivity index (χ2n) is 3.56. The fourth-order valence-electron chi connectivity index (χ4n) is 1.65. The van der Waals surface area contributed by atoms with Crippen LogP contribution in [-0.2, 0) is 9.53 Å². The molecule has 15 heavy (non-hydrogen) atoms. The minimum atomic E-state index is -0.362. The predicted molar refractivity (Wildman–Crippen MR) is 56.1 cm³/mol. The normalized spacial score (nSPS) is 25.9. The molecule has 1 rings (SSSR count). The molecular formula is C10H15N3O2. The molecule has 0 spiro atoms. The molecule has 0 fully saturated rings. The minimum Gasteiger partial charge on any atom is -0.462 e. The Morgan fingerprint density at radius 3 is 3.07 bits per heavy atom. The summed E-state index contributed by atoms with van der Waals surface area (Å²) < 4.78 is 5.14. The fourth-order valence-corrected chi connectivity index (χ4v) is 1.65. The van der Waals surface area contributed by atoms with Crippen molar-refractivity contribution >= 4 is 5.97 Å². The van der Waals surface area contributed by atoms with Crippen LogP contribution in [0, 0.1) is 0 Å². The summed E-state index contributed by atoms with van der Waals surface area (Å²) in [6, 6.07) is -0.362. The highest BCUT2D eigenvalue weighted by atomic mass is 16.5. The van der Waals surface area contributed by atoms with Crippen LogP contribution in [0.5, 0.6) is 0 Å². The Bertz CT molecular complexity index is 295. The molecule has 0 heterocycles. The van der Waals surface area contributed by atoms with Crippen molar-refractivity contribution in [2.75, 3.05) is 0 Å². The number of esters is 1. The number of hydrogen-bond acceptors (Lipinski definition) is 3. The first-order valence-corrected chi connectivity index (χ1v) is 5.12. The second kappa shape index (κ2) is 6.09. The van der Waals surface area contributed by atoms with Crippen molar-refractivity contribution in [3.05, 3.63) is 22.6 Å². The highest BCUT2D eigenvalue weighted by molar-refractivity contribution is 5.66. The second-order valence-corrected chi connectivity index (χ2v) is 3.56. The Morgan fingerprint density at radius 2 is 2.40 bits per heavy atom. The van der Waals surface area contributed by atoms with E-state index in [2.05, 4.69) is 10.0 Å². The van der Waals surface area contributed by atoms with Crippen LogP contribution in [0.3, 0.4) is 0 Å². The van der Waals surface area contributed by atoms with Gasteiger partial charge in [-0.2, -0.15) is 0 Å². The average Bonchev–Trinajstić information content (AvgIpc) is 2.15. The molecule has 0 saturated heterocycles. The Kier molecular flexibility index (Phi) is 4.71. The Hall–Kier alpha value is -1.48. The topological polar surface area (TPSA) is 75.1 Å². The van der Waals surface area contributed by atoms with Crippen LogP contribution >= 0.6 is 0 Å². The Balaban J connectivity index is 2.74. The van der Waals surface area contributed by atoms with Crippen LogP contribution in [0.15, 0.2) is 17.3 Å². The molecule has 5 nitrogen and oxygen atoms in total. The van der Waals surface area contributed by atoms with E-state index in [4.69, 9.17) is 10.3 Å². The molecule has 0 aromatic carbocycles. The first-order chi connectivity index (χ1) is 7.24. The SMILES string of the molecule is CC(=O)OC1CCCCC=CC1N=[N+]=[N-]. The number of carbonyl (C=O) groups excluding carboxylic acids is 1. The van der Waals surface area contributed by atoms with Crippen LogP contribution in [0.4, 0.5) is 0 Å². The van der Waals surface area contributed by atoms with Crippen molar-refractivity contribution in [3.8, 4) is 0 Å². The molecule has 1 aliphatic rings. The zero-order valence-corrected chi connectivity index (χ0v) is 8.80. The highest BCUT2D eigenvalue weighted by Crippen LogP contribution is 2.18. The van der Waals surface area contributed by atoms with E-state index in [0.717, 1.165) is 25.7 Å². The molecule has 2 atom stereocenters. The molecule has 0 radical (unpaired) electrons. The summed E-state index contributed by atoms with van der Waals surface area (Å²) in [6.45, 7) is 1.37. The largest absolute Gasteiger partial charge is 0.462 e. The average molecular weight is 209 g/mol. The maximum atomic E-state index is 10.9. The number of hydrogen-bond donors (Lipinski definition) is 0. The molecule has 1 aliphatic carbocycles. The molecule has 0 N–H and O–H groups in total. The lowest BCUT2D eigenvalue weighted by Crippen LogP contribution is -2.28. The van der Waals surface area contributed by atoms with Crippen LogP contribution < -0.4 is 0 Å². The van der Waals surface area contributed by atoms with Gasteiger partial charge in [-0.25, -0.2) is 0 Å². The number of ether oxygens (including phenoxy) is 1. The molecule has 0 aliphatic heterocycles. The summed E-state index contributed by atoms with van der Waals surface area (Å²) >= 11 is 0. The molecule has 0 amide bonds. The van der Waals surface area contributed by atoms with Gasteiger partial charge in [-0.05, 0) is 31.2 Å². The number of carbonyl (C=O) groups is 1. The van der Waals surface area contributed by atoms with Gasteiger partial charge in [-0.3, -0.25) is 4.79 Å². The van der Waals surface area contributed by atoms with Crippen LogP contribution in [-0.4, -0.2) is 18.1 Å². The third-order valence-corrected chi connectivity index (χ3v) is 2.33. The first-order valence-electron chi connectivity index (χ1n) is 5.12. The number of allylic oxidation sites excluding steroid dienone is 1. The maximum Gasteiger partial charge on any atom is 0.302 e. The van der Waals surface area contributed by atoms with Crippen molar-refractivity contribution in [2.24, 2.45) is 5.11 Å². The van der Waals surface area contributed by atoms with E-state index in [-0.39, 0.29) is 18.1 Å². The van der Waals surface area contributed by atoms with Crippen molar-refractivity contribution < 1.29 is 9.53 Å². The zero-order valence-electron chi connectivity index (χ0n) is 8.80. The van der Waals surface area contributed by atoms with Gasteiger partial charge in [0.2, 0.25) is 0 Å². The van der Waals surface area contributed by atoms with E-state index >= 15 is 0 Å². The summed E-state index contributed by atoms with van der Waals surface area (Å²) in [5.74, 6) is -0.327. The lowest BCUT2D eigenvalue weighted by molar-refractivity contribution is -0.147. The number of azide groups is 1. The maximum absolute atomic E-state index is 10.9. The lowest BCUT2D eigenvalue weighted by Gasteiger charge is -2.22. The van der Waals surface area contributed by atoms with Crippen molar-refractivity contribution in [1.29, 1.82) is 0 Å². The van der Waals surface area contributed by atoms with Gasteiger partial charge in [0, 0.05) is 11.8 Å². The van der Waals surface area contributed by atoms with Gasteiger partial charge >= 0.3 is 5.97 Å². The van der Waals surface area contributed by atoms with Gasteiger partial charge < -0.3 is 4.74 Å². The summed E-state index contributed by atoms with van der Waals surface area (Å²) in [6.07, 6.45) is 7.31. The van der Waals surface area contributed by atoms with E-state index in [1.54, 1.807) is 0 Å². The smallest absolute Gasteiger partial charge is 0.302 e. The minimum absolute atomic E-state index is 0.310. The molecule has 82 valence electrons.